The number of nitrogens with zero attached hydrogens (tertiary/aromatic N) is 1. The average molecular weight is 498 g/mol. The first-order chi connectivity index (χ1) is 17.4. The highest BCUT2D eigenvalue weighted by Gasteiger charge is 2.34. The number of halogens is 1. The van der Waals surface area contributed by atoms with Gasteiger partial charge in [0, 0.05) is 19.0 Å². The molecule has 4 rings (SSSR count). The fourth-order valence-corrected chi connectivity index (χ4v) is 4.91. The molecule has 2 aliphatic rings. The fourth-order valence-electron chi connectivity index (χ4n) is 4.91. The Bertz CT molecular complexity index is 1050. The second-order valence-corrected chi connectivity index (χ2v) is 9.29. The van der Waals surface area contributed by atoms with Crippen LogP contribution in [0, 0.1) is 11.7 Å². The molecule has 0 aromatic heterocycles. The van der Waals surface area contributed by atoms with Crippen molar-refractivity contribution in [2.75, 3.05) is 26.3 Å². The van der Waals surface area contributed by atoms with E-state index in [1.165, 1.54) is 24.3 Å². The van der Waals surface area contributed by atoms with Crippen LogP contribution in [-0.4, -0.2) is 49.1 Å². The monoisotopic (exact) mass is 497 g/mol. The fraction of sp³-hybridized carbons (Fsp3) is 0.444. The van der Waals surface area contributed by atoms with Crippen molar-refractivity contribution in [1.82, 2.24) is 10.2 Å². The number of morpholine rings is 1. The maximum Gasteiger partial charge on any atom is 0.410 e. The number of hydrogen-bond acceptors (Lipinski definition) is 5. The van der Waals surface area contributed by atoms with Crippen LogP contribution in [0.2, 0.25) is 0 Å². The molecule has 0 bridgehead atoms. The minimum Gasteiger partial charge on any atom is -0.445 e. The number of benzene rings is 2. The van der Waals surface area contributed by atoms with Gasteiger partial charge in [0.15, 0.2) is 0 Å². The van der Waals surface area contributed by atoms with Crippen molar-refractivity contribution in [1.29, 1.82) is 0 Å². The summed E-state index contributed by atoms with van der Waals surface area (Å²) in [6, 6.07) is 12.1. The Morgan fingerprint density at radius 1 is 1.03 bits per heavy atom. The van der Waals surface area contributed by atoms with Gasteiger partial charge in [0.05, 0.1) is 13.2 Å². The molecule has 2 fully saturated rings. The van der Waals surface area contributed by atoms with E-state index in [9.17, 15) is 18.8 Å². The Balaban J connectivity index is 1.39. The summed E-state index contributed by atoms with van der Waals surface area (Å²) < 4.78 is 24.0. The molecule has 2 aromatic rings. The Kier molecular flexibility index (Phi) is 8.53. The summed E-state index contributed by atoms with van der Waals surface area (Å²) in [5, 5.41) is 2.79. The van der Waals surface area contributed by atoms with Gasteiger partial charge in [0.1, 0.15) is 18.5 Å². The first kappa shape index (κ1) is 25.6. The van der Waals surface area contributed by atoms with E-state index in [1.54, 1.807) is 4.90 Å². The zero-order chi connectivity index (χ0) is 25.5. The molecular weight excluding hydrogens is 465 g/mol. The zero-order valence-electron chi connectivity index (χ0n) is 20.2. The quantitative estimate of drug-likeness (QED) is 0.609. The molecule has 1 heterocycles. The number of carbonyl (C=O) groups is 3. The van der Waals surface area contributed by atoms with Gasteiger partial charge < -0.3 is 25.4 Å². The minimum atomic E-state index is -1.02. The summed E-state index contributed by atoms with van der Waals surface area (Å²) in [6.07, 6.45) is 3.12. The lowest BCUT2D eigenvalue weighted by Gasteiger charge is -2.32. The van der Waals surface area contributed by atoms with Crippen LogP contribution in [0.4, 0.5) is 9.18 Å². The molecule has 3 atom stereocenters. The van der Waals surface area contributed by atoms with Gasteiger partial charge in [-0.1, -0.05) is 49.2 Å². The smallest absolute Gasteiger partial charge is 0.410 e. The van der Waals surface area contributed by atoms with E-state index in [0.29, 0.717) is 38.3 Å². The van der Waals surface area contributed by atoms with Crippen molar-refractivity contribution < 1.29 is 28.2 Å². The average Bonchev–Trinajstić information content (AvgIpc) is 2.91. The molecule has 36 heavy (non-hydrogen) atoms. The van der Waals surface area contributed by atoms with Gasteiger partial charge in [0.2, 0.25) is 11.8 Å². The number of ether oxygens (including phenoxy) is 2. The number of hydrogen-bond donors (Lipinski definition) is 2. The Labute approximate surface area is 209 Å². The third-order valence-corrected chi connectivity index (χ3v) is 6.92. The van der Waals surface area contributed by atoms with Crippen molar-refractivity contribution in [2.24, 2.45) is 11.7 Å². The highest BCUT2D eigenvalue weighted by molar-refractivity contribution is 5.89. The van der Waals surface area contributed by atoms with E-state index >= 15 is 0 Å². The van der Waals surface area contributed by atoms with Crippen molar-refractivity contribution >= 4 is 17.9 Å². The topological polar surface area (TPSA) is 111 Å². The van der Waals surface area contributed by atoms with E-state index in [1.807, 2.05) is 24.3 Å². The summed E-state index contributed by atoms with van der Waals surface area (Å²) in [5.74, 6) is -1.69. The normalized spacial score (nSPS) is 20.9. The molecule has 0 radical (unpaired) electrons. The van der Waals surface area contributed by atoms with E-state index in [-0.39, 0.29) is 30.4 Å². The van der Waals surface area contributed by atoms with Crippen molar-refractivity contribution in [2.45, 2.75) is 44.2 Å². The van der Waals surface area contributed by atoms with Crippen LogP contribution in [0.5, 0.6) is 0 Å². The molecular formula is C27H32FN3O5. The predicted octanol–water partition coefficient (Wildman–Crippen LogP) is 3.41. The third-order valence-electron chi connectivity index (χ3n) is 6.92. The number of carbonyl (C=O) groups excluding carboxylic acids is 3. The van der Waals surface area contributed by atoms with Crippen molar-refractivity contribution in [3.8, 4) is 0 Å². The molecule has 1 saturated carbocycles. The zero-order valence-corrected chi connectivity index (χ0v) is 20.2. The first-order valence-corrected chi connectivity index (χ1v) is 12.4. The number of rotatable bonds is 7. The molecule has 3 N–H and O–H groups in total. The molecule has 1 aliphatic heterocycles. The molecule has 1 saturated heterocycles. The van der Waals surface area contributed by atoms with Crippen molar-refractivity contribution in [3.63, 3.8) is 0 Å². The SMILES string of the molecule is NC(=O)C(NC(=O)C1CCCCC1c1ccc(COC(=O)N2CCOCC2)cc1)c1ccc(F)cc1. The van der Waals surface area contributed by atoms with Gasteiger partial charge >= 0.3 is 6.09 Å². The predicted molar refractivity (Wildman–Crippen MR) is 130 cm³/mol. The summed E-state index contributed by atoms with van der Waals surface area (Å²) in [6.45, 7) is 2.26. The number of nitrogens with two attached hydrogens (primary N) is 1. The second-order valence-electron chi connectivity index (χ2n) is 9.29. The highest BCUT2D eigenvalue weighted by Crippen LogP contribution is 2.38. The van der Waals surface area contributed by atoms with Crippen LogP contribution in [-0.2, 0) is 25.7 Å². The summed E-state index contributed by atoms with van der Waals surface area (Å²) in [7, 11) is 0. The van der Waals surface area contributed by atoms with E-state index < -0.39 is 17.8 Å². The number of nitrogens with one attached hydrogen (secondary N) is 1. The number of amides is 3. The molecule has 8 nitrogen and oxygen atoms in total. The lowest BCUT2D eigenvalue weighted by molar-refractivity contribution is -0.131. The van der Waals surface area contributed by atoms with Crippen LogP contribution in [0.3, 0.4) is 0 Å². The molecule has 3 amide bonds. The summed E-state index contributed by atoms with van der Waals surface area (Å²) in [4.78, 5) is 39.2. The summed E-state index contributed by atoms with van der Waals surface area (Å²) >= 11 is 0. The van der Waals surface area contributed by atoms with Gasteiger partial charge in [-0.3, -0.25) is 9.59 Å². The first-order valence-electron chi connectivity index (χ1n) is 12.4. The van der Waals surface area contributed by atoms with Gasteiger partial charge in [0.25, 0.3) is 0 Å². The Morgan fingerprint density at radius 2 is 1.69 bits per heavy atom. The standard InChI is InChI=1S/C27H32FN3O5/c28-21-11-9-20(10-12-21)24(25(29)32)30-26(33)23-4-2-1-3-22(23)19-7-5-18(6-8-19)17-36-27(34)31-13-15-35-16-14-31/h5-12,22-24H,1-4,13-17H2,(H2,29,32)(H,30,33). The molecule has 192 valence electrons. The molecule has 9 heteroatoms. The van der Waals surface area contributed by atoms with E-state index in [4.69, 9.17) is 15.2 Å². The van der Waals surface area contributed by atoms with Crippen LogP contribution in [0.25, 0.3) is 0 Å². The van der Waals surface area contributed by atoms with Crippen LogP contribution in [0.1, 0.15) is 54.3 Å². The minimum absolute atomic E-state index is 0.00885. The largest absolute Gasteiger partial charge is 0.445 e. The Morgan fingerprint density at radius 3 is 2.36 bits per heavy atom. The van der Waals surface area contributed by atoms with Crippen LogP contribution in [0.15, 0.2) is 48.5 Å². The Hall–Kier alpha value is -3.46. The maximum atomic E-state index is 13.3. The molecule has 1 aliphatic carbocycles. The molecule has 3 unspecified atom stereocenters. The van der Waals surface area contributed by atoms with Crippen molar-refractivity contribution in [3.05, 3.63) is 71.0 Å². The lowest BCUT2D eigenvalue weighted by Crippen LogP contribution is -2.42. The van der Waals surface area contributed by atoms with E-state index in [2.05, 4.69) is 5.32 Å². The van der Waals surface area contributed by atoms with Gasteiger partial charge in [-0.2, -0.15) is 0 Å². The lowest BCUT2D eigenvalue weighted by atomic mass is 9.74. The highest BCUT2D eigenvalue weighted by atomic mass is 19.1. The summed E-state index contributed by atoms with van der Waals surface area (Å²) in [5.41, 5.74) is 7.88. The molecule has 0 spiro atoms. The number of primary amides is 1. The maximum absolute atomic E-state index is 13.3. The van der Waals surface area contributed by atoms with Gasteiger partial charge in [-0.05, 0) is 47.6 Å². The second kappa shape index (κ2) is 12.0. The van der Waals surface area contributed by atoms with E-state index in [0.717, 1.165) is 30.4 Å². The van der Waals surface area contributed by atoms with Crippen LogP contribution >= 0.6 is 0 Å². The van der Waals surface area contributed by atoms with Gasteiger partial charge in [-0.15, -0.1) is 0 Å². The van der Waals surface area contributed by atoms with Crippen LogP contribution < -0.4 is 11.1 Å². The molecule has 2 aromatic carbocycles. The third kappa shape index (κ3) is 6.40. The van der Waals surface area contributed by atoms with Gasteiger partial charge in [-0.25, -0.2) is 9.18 Å².